The maximum Gasteiger partial charge on any atom is 0.254 e. The number of ether oxygens (including phenoxy) is 1. The molecule has 1 aromatic rings. The molecule has 0 saturated carbocycles. The molecule has 1 aromatic carbocycles. The average molecular weight is 258 g/mol. The summed E-state index contributed by atoms with van der Waals surface area (Å²) in [6, 6.07) is 7.89. The zero-order valence-corrected chi connectivity index (χ0v) is 11.3. The van der Waals surface area contributed by atoms with Gasteiger partial charge in [-0.05, 0) is 37.1 Å². The van der Waals surface area contributed by atoms with Crippen molar-refractivity contribution in [2.45, 2.75) is 39.5 Å². The molecule has 0 fully saturated rings. The van der Waals surface area contributed by atoms with Gasteiger partial charge in [-0.3, -0.25) is 4.79 Å². The Labute approximate surface area is 113 Å². The zero-order valence-electron chi connectivity index (χ0n) is 11.3. The van der Waals surface area contributed by atoms with E-state index in [4.69, 9.17) is 10.00 Å². The highest BCUT2D eigenvalue weighted by atomic mass is 16.5. The predicted octanol–water partition coefficient (Wildman–Crippen LogP) is 2.48. The molecule has 0 radical (unpaired) electrons. The number of hydrogen-bond acceptors (Lipinski definition) is 3. The van der Waals surface area contributed by atoms with Gasteiger partial charge in [0.2, 0.25) is 0 Å². The summed E-state index contributed by atoms with van der Waals surface area (Å²) in [5, 5.41) is 8.67. The van der Waals surface area contributed by atoms with E-state index in [2.05, 4.69) is 6.07 Å². The van der Waals surface area contributed by atoms with Gasteiger partial charge in [0.25, 0.3) is 5.91 Å². The molecular weight excluding hydrogens is 240 g/mol. The summed E-state index contributed by atoms with van der Waals surface area (Å²) in [6.07, 6.45) is 0.359. The van der Waals surface area contributed by atoms with Crippen molar-refractivity contribution in [3.05, 3.63) is 34.9 Å². The van der Waals surface area contributed by atoms with E-state index in [1.165, 1.54) is 0 Å². The Hall–Kier alpha value is -1.86. The summed E-state index contributed by atoms with van der Waals surface area (Å²) < 4.78 is 5.35. The molecule has 0 aliphatic carbocycles. The fourth-order valence-electron chi connectivity index (χ4n) is 2.24. The van der Waals surface area contributed by atoms with Crippen LogP contribution in [0.15, 0.2) is 18.2 Å². The second-order valence-electron chi connectivity index (χ2n) is 4.98. The lowest BCUT2D eigenvalue weighted by molar-refractivity contribution is 0.0710. The quantitative estimate of drug-likeness (QED) is 0.833. The van der Waals surface area contributed by atoms with Crippen LogP contribution in [-0.4, -0.2) is 23.4 Å². The number of nitrogens with zero attached hydrogens (tertiary/aromatic N) is 2. The molecule has 1 amide bonds. The van der Waals surface area contributed by atoms with E-state index >= 15 is 0 Å². The fraction of sp³-hybridized carbons (Fsp3) is 0.467. The maximum atomic E-state index is 12.5. The first kappa shape index (κ1) is 13.6. The van der Waals surface area contributed by atoms with E-state index < -0.39 is 0 Å². The molecule has 19 heavy (non-hydrogen) atoms. The Morgan fingerprint density at radius 3 is 2.84 bits per heavy atom. The minimum absolute atomic E-state index is 0.0139. The molecule has 0 saturated heterocycles. The first-order valence-corrected chi connectivity index (χ1v) is 6.51. The molecule has 4 heteroatoms. The second kappa shape index (κ2) is 5.85. The summed E-state index contributed by atoms with van der Waals surface area (Å²) in [5.41, 5.74) is 2.93. The van der Waals surface area contributed by atoms with Gasteiger partial charge in [0.1, 0.15) is 0 Å². The number of amides is 1. The smallest absolute Gasteiger partial charge is 0.254 e. The van der Waals surface area contributed by atoms with Crippen molar-refractivity contribution >= 4 is 5.91 Å². The van der Waals surface area contributed by atoms with Crippen LogP contribution in [0.25, 0.3) is 0 Å². The number of hydrogen-bond donors (Lipinski definition) is 0. The lowest BCUT2D eigenvalue weighted by Crippen LogP contribution is -2.37. The van der Waals surface area contributed by atoms with Crippen LogP contribution in [0, 0.1) is 11.3 Å². The first-order chi connectivity index (χ1) is 9.13. The molecule has 0 atom stereocenters. The number of nitriles is 1. The molecule has 2 rings (SSSR count). The molecule has 0 unspecified atom stereocenters. The Bertz CT molecular complexity index is 517. The van der Waals surface area contributed by atoms with Gasteiger partial charge in [-0.15, -0.1) is 0 Å². The van der Waals surface area contributed by atoms with Crippen molar-refractivity contribution in [2.75, 3.05) is 6.54 Å². The lowest BCUT2D eigenvalue weighted by atomic mass is 10.0. The Morgan fingerprint density at radius 1 is 1.42 bits per heavy atom. The highest BCUT2D eigenvalue weighted by Crippen LogP contribution is 2.22. The molecule has 0 spiro atoms. The second-order valence-corrected chi connectivity index (χ2v) is 4.98. The molecular formula is C15H18N2O2. The minimum atomic E-state index is -0.0139. The third kappa shape index (κ3) is 2.94. The molecule has 1 heterocycles. The Morgan fingerprint density at radius 2 is 2.16 bits per heavy atom. The molecule has 4 nitrogen and oxygen atoms in total. The zero-order chi connectivity index (χ0) is 13.8. The van der Waals surface area contributed by atoms with Crippen molar-refractivity contribution < 1.29 is 9.53 Å². The minimum Gasteiger partial charge on any atom is -0.372 e. The number of carbonyl (C=O) groups is 1. The van der Waals surface area contributed by atoms with Gasteiger partial charge in [0.05, 0.1) is 25.7 Å². The van der Waals surface area contributed by atoms with E-state index in [0.29, 0.717) is 31.7 Å². The van der Waals surface area contributed by atoms with Crippen LogP contribution in [0.4, 0.5) is 0 Å². The highest BCUT2D eigenvalue weighted by Gasteiger charge is 2.20. The van der Waals surface area contributed by atoms with Crippen LogP contribution in [0.3, 0.4) is 0 Å². The van der Waals surface area contributed by atoms with Crippen LogP contribution in [0.1, 0.15) is 41.8 Å². The van der Waals surface area contributed by atoms with Gasteiger partial charge in [-0.25, -0.2) is 0 Å². The van der Waals surface area contributed by atoms with Crippen LogP contribution in [0.5, 0.6) is 0 Å². The standard InChI is InChI=1S/C15H18N2O2/c1-11(2)17(7-3-6-16)15(18)12-4-5-13-9-19-10-14(13)8-12/h4-5,8,11H,3,7,9-10H2,1-2H3. The first-order valence-electron chi connectivity index (χ1n) is 6.51. The molecule has 0 N–H and O–H groups in total. The van der Waals surface area contributed by atoms with E-state index in [1.807, 2.05) is 32.0 Å². The monoisotopic (exact) mass is 258 g/mol. The molecule has 1 aliphatic rings. The average Bonchev–Trinajstić information content (AvgIpc) is 2.85. The third-order valence-corrected chi connectivity index (χ3v) is 3.32. The van der Waals surface area contributed by atoms with Gasteiger partial charge in [0.15, 0.2) is 0 Å². The number of carbonyl (C=O) groups excluding carboxylic acids is 1. The molecule has 0 aromatic heterocycles. The highest BCUT2D eigenvalue weighted by molar-refractivity contribution is 5.94. The van der Waals surface area contributed by atoms with Gasteiger partial charge in [0, 0.05) is 18.2 Å². The van der Waals surface area contributed by atoms with Crippen molar-refractivity contribution in [1.29, 1.82) is 5.26 Å². The topological polar surface area (TPSA) is 53.3 Å². The van der Waals surface area contributed by atoms with E-state index in [1.54, 1.807) is 4.90 Å². The summed E-state index contributed by atoms with van der Waals surface area (Å²) in [7, 11) is 0. The summed E-state index contributed by atoms with van der Waals surface area (Å²) >= 11 is 0. The SMILES string of the molecule is CC(C)N(CCC#N)C(=O)c1ccc2c(c1)COC2. The number of rotatable bonds is 4. The van der Waals surface area contributed by atoms with Gasteiger partial charge in [-0.2, -0.15) is 5.26 Å². The van der Waals surface area contributed by atoms with Crippen molar-refractivity contribution in [3.63, 3.8) is 0 Å². The summed E-state index contributed by atoms with van der Waals surface area (Å²) in [4.78, 5) is 14.2. The van der Waals surface area contributed by atoms with Crippen LogP contribution in [-0.2, 0) is 18.0 Å². The molecule has 0 bridgehead atoms. The van der Waals surface area contributed by atoms with Gasteiger partial charge < -0.3 is 9.64 Å². The van der Waals surface area contributed by atoms with Crippen molar-refractivity contribution in [2.24, 2.45) is 0 Å². The summed E-state index contributed by atoms with van der Waals surface area (Å²) in [5.74, 6) is -0.0139. The third-order valence-electron chi connectivity index (χ3n) is 3.32. The number of fused-ring (bicyclic) bond motifs is 1. The van der Waals surface area contributed by atoms with Crippen LogP contribution >= 0.6 is 0 Å². The van der Waals surface area contributed by atoms with E-state index in [0.717, 1.165) is 11.1 Å². The fourth-order valence-corrected chi connectivity index (χ4v) is 2.24. The lowest BCUT2D eigenvalue weighted by Gasteiger charge is -2.26. The number of benzene rings is 1. The predicted molar refractivity (Wildman–Crippen MR) is 71.3 cm³/mol. The molecule has 1 aliphatic heterocycles. The Balaban J connectivity index is 2.19. The van der Waals surface area contributed by atoms with Gasteiger partial charge in [-0.1, -0.05) is 6.07 Å². The maximum absolute atomic E-state index is 12.5. The molecule has 100 valence electrons. The van der Waals surface area contributed by atoms with Crippen LogP contribution in [0.2, 0.25) is 0 Å². The van der Waals surface area contributed by atoms with Gasteiger partial charge >= 0.3 is 0 Å². The van der Waals surface area contributed by atoms with E-state index in [-0.39, 0.29) is 11.9 Å². The Kier molecular flexibility index (Phi) is 4.18. The largest absolute Gasteiger partial charge is 0.372 e. The van der Waals surface area contributed by atoms with Crippen molar-refractivity contribution in [1.82, 2.24) is 4.90 Å². The van der Waals surface area contributed by atoms with Crippen LogP contribution < -0.4 is 0 Å². The summed E-state index contributed by atoms with van der Waals surface area (Å²) in [6.45, 7) is 5.61. The normalized spacial score (nSPS) is 13.2. The van der Waals surface area contributed by atoms with Crippen molar-refractivity contribution in [3.8, 4) is 6.07 Å². The van der Waals surface area contributed by atoms with E-state index in [9.17, 15) is 4.79 Å².